The summed E-state index contributed by atoms with van der Waals surface area (Å²) in [4.78, 5) is 28.3. The third-order valence-corrected chi connectivity index (χ3v) is 4.61. The summed E-state index contributed by atoms with van der Waals surface area (Å²) in [5, 5.41) is 4.05. The smallest absolute Gasteiger partial charge is 0.340 e. The molecule has 0 aliphatic heterocycles. The minimum absolute atomic E-state index is 0.140. The molecule has 1 amide bonds. The second-order valence-corrected chi connectivity index (χ2v) is 6.61. The number of rotatable bonds is 7. The van der Waals surface area contributed by atoms with Crippen molar-refractivity contribution in [3.63, 3.8) is 0 Å². The molecular formula is C18H19ClN2O3S. The van der Waals surface area contributed by atoms with E-state index in [1.807, 2.05) is 19.1 Å². The highest BCUT2D eigenvalue weighted by atomic mass is 35.5. The first kappa shape index (κ1) is 19.3. The average molecular weight is 379 g/mol. The van der Waals surface area contributed by atoms with Gasteiger partial charge in [-0.1, -0.05) is 35.5 Å². The second-order valence-electron chi connectivity index (χ2n) is 5.21. The van der Waals surface area contributed by atoms with Gasteiger partial charge in [0.25, 0.3) is 0 Å². The van der Waals surface area contributed by atoms with Crippen molar-refractivity contribution in [3.8, 4) is 0 Å². The lowest BCUT2D eigenvalue weighted by Crippen LogP contribution is -2.28. The fourth-order valence-electron chi connectivity index (χ4n) is 2.12. The lowest BCUT2D eigenvalue weighted by molar-refractivity contribution is -0.119. The number of carbonyl (C=O) groups is 2. The van der Waals surface area contributed by atoms with E-state index in [1.54, 1.807) is 37.4 Å². The molecule has 0 fully saturated rings. The number of pyridine rings is 1. The molecule has 0 saturated carbocycles. The average Bonchev–Trinajstić information content (AvgIpc) is 2.61. The molecule has 0 saturated heterocycles. The Hall–Kier alpha value is -2.05. The Morgan fingerprint density at radius 2 is 2.00 bits per heavy atom. The van der Waals surface area contributed by atoms with Gasteiger partial charge in [-0.3, -0.25) is 4.79 Å². The van der Waals surface area contributed by atoms with E-state index in [2.05, 4.69) is 10.3 Å². The van der Waals surface area contributed by atoms with Crippen LogP contribution in [0.5, 0.6) is 0 Å². The molecule has 1 heterocycles. The molecule has 1 N–H and O–H groups in total. The van der Waals surface area contributed by atoms with Crippen LogP contribution in [0.25, 0.3) is 0 Å². The molecule has 0 radical (unpaired) electrons. The molecule has 0 unspecified atom stereocenters. The second kappa shape index (κ2) is 9.44. The number of amides is 1. The van der Waals surface area contributed by atoms with E-state index in [4.69, 9.17) is 16.3 Å². The molecule has 1 aromatic heterocycles. The SMILES string of the molecule is CCOC(=O)c1cccnc1SCC(=O)N[C@H](C)c1ccc(Cl)cc1. The van der Waals surface area contributed by atoms with E-state index < -0.39 is 5.97 Å². The number of nitrogens with one attached hydrogen (secondary N) is 1. The van der Waals surface area contributed by atoms with Crippen LogP contribution in [0, 0.1) is 0 Å². The number of aromatic nitrogens is 1. The molecule has 0 bridgehead atoms. The van der Waals surface area contributed by atoms with Crippen molar-refractivity contribution in [1.82, 2.24) is 10.3 Å². The van der Waals surface area contributed by atoms with Crippen molar-refractivity contribution < 1.29 is 14.3 Å². The molecule has 0 spiro atoms. The summed E-state index contributed by atoms with van der Waals surface area (Å²) in [6, 6.07) is 10.5. The highest BCUT2D eigenvalue weighted by Crippen LogP contribution is 2.21. The molecule has 1 atom stereocenters. The van der Waals surface area contributed by atoms with Crippen LogP contribution in [0.2, 0.25) is 5.02 Å². The van der Waals surface area contributed by atoms with Gasteiger partial charge in [-0.05, 0) is 43.7 Å². The van der Waals surface area contributed by atoms with Crippen LogP contribution in [0.4, 0.5) is 0 Å². The third kappa shape index (κ3) is 5.76. The van der Waals surface area contributed by atoms with E-state index in [-0.39, 0.29) is 24.3 Å². The predicted octanol–water partition coefficient (Wildman–Crippen LogP) is 3.88. The number of hydrogen-bond acceptors (Lipinski definition) is 5. The minimum atomic E-state index is -0.437. The first-order chi connectivity index (χ1) is 12.0. The van der Waals surface area contributed by atoms with Crippen LogP contribution in [-0.4, -0.2) is 29.2 Å². The zero-order valence-electron chi connectivity index (χ0n) is 14.0. The molecule has 2 aromatic rings. The van der Waals surface area contributed by atoms with Gasteiger partial charge < -0.3 is 10.1 Å². The van der Waals surface area contributed by atoms with E-state index in [9.17, 15) is 9.59 Å². The molecule has 7 heteroatoms. The number of hydrogen-bond donors (Lipinski definition) is 1. The first-order valence-corrected chi connectivity index (χ1v) is 9.17. The number of halogens is 1. The summed E-state index contributed by atoms with van der Waals surface area (Å²) < 4.78 is 5.00. The number of benzene rings is 1. The molecule has 0 aliphatic carbocycles. The summed E-state index contributed by atoms with van der Waals surface area (Å²) in [6.45, 7) is 3.93. The van der Waals surface area contributed by atoms with Gasteiger partial charge in [-0.25, -0.2) is 9.78 Å². The number of esters is 1. The highest BCUT2D eigenvalue weighted by molar-refractivity contribution is 8.00. The fourth-order valence-corrected chi connectivity index (χ4v) is 3.04. The van der Waals surface area contributed by atoms with Crippen LogP contribution < -0.4 is 5.32 Å². The quantitative estimate of drug-likeness (QED) is 0.585. The summed E-state index contributed by atoms with van der Waals surface area (Å²) in [5.74, 6) is -0.428. The van der Waals surface area contributed by atoms with Gasteiger partial charge in [-0.2, -0.15) is 0 Å². The van der Waals surface area contributed by atoms with E-state index in [1.165, 1.54) is 11.8 Å². The molecule has 1 aromatic carbocycles. The molecule has 132 valence electrons. The van der Waals surface area contributed by atoms with Crippen molar-refractivity contribution in [2.75, 3.05) is 12.4 Å². The third-order valence-electron chi connectivity index (χ3n) is 3.35. The number of carbonyl (C=O) groups excluding carboxylic acids is 2. The Morgan fingerprint density at radius 3 is 2.68 bits per heavy atom. The Bertz CT molecular complexity index is 737. The molecule has 5 nitrogen and oxygen atoms in total. The molecular weight excluding hydrogens is 360 g/mol. The first-order valence-electron chi connectivity index (χ1n) is 7.81. The normalized spacial score (nSPS) is 11.6. The van der Waals surface area contributed by atoms with E-state index in [0.29, 0.717) is 15.6 Å². The maximum Gasteiger partial charge on any atom is 0.340 e. The van der Waals surface area contributed by atoms with Crippen molar-refractivity contribution in [2.45, 2.75) is 24.9 Å². The van der Waals surface area contributed by atoms with Gasteiger partial charge in [0.15, 0.2) is 0 Å². The zero-order chi connectivity index (χ0) is 18.2. The van der Waals surface area contributed by atoms with E-state index in [0.717, 1.165) is 5.56 Å². The van der Waals surface area contributed by atoms with Crippen molar-refractivity contribution in [1.29, 1.82) is 0 Å². The largest absolute Gasteiger partial charge is 0.462 e. The highest BCUT2D eigenvalue weighted by Gasteiger charge is 2.16. The molecule has 25 heavy (non-hydrogen) atoms. The summed E-state index contributed by atoms with van der Waals surface area (Å²) >= 11 is 7.07. The van der Waals surface area contributed by atoms with Crippen molar-refractivity contribution in [2.24, 2.45) is 0 Å². The van der Waals surface area contributed by atoms with Gasteiger partial charge in [0.1, 0.15) is 5.03 Å². The number of thioether (sulfide) groups is 1. The Kier molecular flexibility index (Phi) is 7.28. The van der Waals surface area contributed by atoms with Crippen molar-refractivity contribution >= 4 is 35.2 Å². The van der Waals surface area contributed by atoms with Crippen LogP contribution in [-0.2, 0) is 9.53 Å². The number of nitrogens with zero attached hydrogens (tertiary/aromatic N) is 1. The summed E-state index contributed by atoms with van der Waals surface area (Å²) in [6.07, 6.45) is 1.58. The van der Waals surface area contributed by atoms with Crippen molar-refractivity contribution in [3.05, 3.63) is 58.7 Å². The minimum Gasteiger partial charge on any atom is -0.462 e. The zero-order valence-corrected chi connectivity index (χ0v) is 15.6. The van der Waals surface area contributed by atoms with Crippen LogP contribution in [0.3, 0.4) is 0 Å². The fraction of sp³-hybridized carbons (Fsp3) is 0.278. The van der Waals surface area contributed by atoms with Gasteiger partial charge >= 0.3 is 5.97 Å². The van der Waals surface area contributed by atoms with Gasteiger partial charge in [0, 0.05) is 11.2 Å². The maximum atomic E-state index is 12.2. The van der Waals surface area contributed by atoms with Crippen LogP contribution >= 0.6 is 23.4 Å². The summed E-state index contributed by atoms with van der Waals surface area (Å²) in [5.41, 5.74) is 1.33. The van der Waals surface area contributed by atoms with E-state index >= 15 is 0 Å². The Labute approximate surface area is 156 Å². The van der Waals surface area contributed by atoms with Crippen LogP contribution in [0.1, 0.15) is 35.8 Å². The monoisotopic (exact) mass is 378 g/mol. The van der Waals surface area contributed by atoms with Gasteiger partial charge in [0.05, 0.1) is 24.0 Å². The molecule has 2 rings (SSSR count). The maximum absolute atomic E-state index is 12.2. The topological polar surface area (TPSA) is 68.3 Å². The Balaban J connectivity index is 1.94. The molecule has 0 aliphatic rings. The predicted molar refractivity (Wildman–Crippen MR) is 98.9 cm³/mol. The standard InChI is InChI=1S/C18H19ClN2O3S/c1-3-24-18(23)15-5-4-10-20-17(15)25-11-16(22)21-12(2)13-6-8-14(19)9-7-13/h4-10,12H,3,11H2,1-2H3,(H,21,22)/t12-/m1/s1. The number of ether oxygens (including phenoxy) is 1. The van der Waals surface area contributed by atoms with Gasteiger partial charge in [-0.15, -0.1) is 0 Å². The van der Waals surface area contributed by atoms with Crippen LogP contribution in [0.15, 0.2) is 47.6 Å². The van der Waals surface area contributed by atoms with Gasteiger partial charge in [0.2, 0.25) is 5.91 Å². The Morgan fingerprint density at radius 1 is 1.28 bits per heavy atom. The summed E-state index contributed by atoms with van der Waals surface area (Å²) in [7, 11) is 0. The lowest BCUT2D eigenvalue weighted by atomic mass is 10.1. The lowest BCUT2D eigenvalue weighted by Gasteiger charge is -2.14.